The Morgan fingerprint density at radius 1 is 1.03 bits per heavy atom. The SMILES string of the molecule is CC(=O)c1c(CC2Cc3cc(O)cc(O)c3C(=O)O2)cc(O)cc1O[C@@H]1O[C@H](CO)[C@@H](O)[C@H](O)[C@H]1O. The summed E-state index contributed by atoms with van der Waals surface area (Å²) >= 11 is 0. The third kappa shape index (κ3) is 4.81. The van der Waals surface area contributed by atoms with Gasteiger partial charge in [0, 0.05) is 25.0 Å². The van der Waals surface area contributed by atoms with Gasteiger partial charge in [-0.25, -0.2) is 4.79 Å². The molecule has 1 saturated heterocycles. The number of phenolic OH excluding ortho intramolecular Hbond substituents is 3. The lowest BCUT2D eigenvalue weighted by Gasteiger charge is -2.39. The van der Waals surface area contributed by atoms with Crippen LogP contribution in [-0.4, -0.2) is 90.9 Å². The molecule has 7 N–H and O–H groups in total. The number of benzene rings is 2. The van der Waals surface area contributed by atoms with Crippen LogP contribution < -0.4 is 4.74 Å². The minimum Gasteiger partial charge on any atom is -0.508 e. The number of esters is 1. The zero-order valence-corrected chi connectivity index (χ0v) is 19.1. The molecule has 12 heteroatoms. The maximum absolute atomic E-state index is 12.6. The summed E-state index contributed by atoms with van der Waals surface area (Å²) in [7, 11) is 0. The number of carbonyl (C=O) groups is 2. The lowest BCUT2D eigenvalue weighted by Crippen LogP contribution is -2.60. The number of aliphatic hydroxyl groups excluding tert-OH is 4. The Balaban J connectivity index is 1.64. The van der Waals surface area contributed by atoms with Gasteiger partial charge in [-0.1, -0.05) is 0 Å². The standard InChI is InChI=1S/C24H26O12/c1-9(26)18-10(4-14-5-11-3-12(27)6-15(29)19(11)23(33)34-14)2-13(28)7-16(18)35-24-22(32)21(31)20(30)17(8-25)36-24/h2-3,6-7,14,17,20-22,24-25,27-32H,4-5,8H2,1H3/t14?,17-,20-,21+,22-,24-/m1/s1. The molecule has 1 unspecified atom stereocenters. The van der Waals surface area contributed by atoms with Crippen LogP contribution in [0.25, 0.3) is 0 Å². The van der Waals surface area contributed by atoms with E-state index in [0.717, 1.165) is 12.1 Å². The molecule has 0 bridgehead atoms. The Labute approximate surface area is 204 Å². The highest BCUT2D eigenvalue weighted by atomic mass is 16.7. The van der Waals surface area contributed by atoms with Crippen molar-refractivity contribution in [2.24, 2.45) is 0 Å². The molecule has 1 fully saturated rings. The number of rotatable bonds is 6. The highest BCUT2D eigenvalue weighted by Gasteiger charge is 2.45. The van der Waals surface area contributed by atoms with Crippen molar-refractivity contribution in [3.8, 4) is 23.0 Å². The van der Waals surface area contributed by atoms with Crippen LogP contribution in [0.4, 0.5) is 0 Å². The first-order valence-corrected chi connectivity index (χ1v) is 11.1. The van der Waals surface area contributed by atoms with E-state index in [2.05, 4.69) is 0 Å². The largest absolute Gasteiger partial charge is 0.508 e. The van der Waals surface area contributed by atoms with Crippen LogP contribution in [0.1, 0.15) is 38.8 Å². The van der Waals surface area contributed by atoms with Crippen LogP contribution in [-0.2, 0) is 22.3 Å². The van der Waals surface area contributed by atoms with Gasteiger partial charge in [0.1, 0.15) is 59.1 Å². The summed E-state index contributed by atoms with van der Waals surface area (Å²) in [5, 5.41) is 69.7. The van der Waals surface area contributed by atoms with Gasteiger partial charge < -0.3 is 50.0 Å². The number of cyclic esters (lactones) is 1. The predicted molar refractivity (Wildman–Crippen MR) is 119 cm³/mol. The van der Waals surface area contributed by atoms with Crippen molar-refractivity contribution in [3.05, 3.63) is 46.5 Å². The highest BCUT2D eigenvalue weighted by Crippen LogP contribution is 2.36. The predicted octanol–water partition coefficient (Wildman–Crippen LogP) is -0.491. The molecule has 12 nitrogen and oxygen atoms in total. The first kappa shape index (κ1) is 25.7. The number of hydrogen-bond donors (Lipinski definition) is 7. The maximum Gasteiger partial charge on any atom is 0.342 e. The lowest BCUT2D eigenvalue weighted by molar-refractivity contribution is -0.277. The summed E-state index contributed by atoms with van der Waals surface area (Å²) < 4.78 is 16.4. The number of ether oxygens (including phenoxy) is 3. The summed E-state index contributed by atoms with van der Waals surface area (Å²) in [5.41, 5.74) is 0.479. The van der Waals surface area contributed by atoms with Crippen molar-refractivity contribution in [1.29, 1.82) is 0 Å². The fraction of sp³-hybridized carbons (Fsp3) is 0.417. The molecule has 0 aromatic heterocycles. The Morgan fingerprint density at radius 2 is 1.72 bits per heavy atom. The van der Waals surface area contributed by atoms with Crippen molar-refractivity contribution in [2.75, 3.05) is 6.61 Å². The molecule has 2 aliphatic heterocycles. The molecule has 36 heavy (non-hydrogen) atoms. The minimum absolute atomic E-state index is 0.0228. The van der Waals surface area contributed by atoms with Gasteiger partial charge in [-0.05, 0) is 30.2 Å². The second-order valence-corrected chi connectivity index (χ2v) is 8.78. The second-order valence-electron chi connectivity index (χ2n) is 8.78. The number of ketones is 1. The van der Waals surface area contributed by atoms with Gasteiger partial charge in [0.05, 0.1) is 12.2 Å². The summed E-state index contributed by atoms with van der Waals surface area (Å²) in [6.45, 7) is 0.545. The van der Waals surface area contributed by atoms with Gasteiger partial charge in [0.15, 0.2) is 5.78 Å². The van der Waals surface area contributed by atoms with Gasteiger partial charge in [0.25, 0.3) is 0 Å². The average Bonchev–Trinajstić information content (AvgIpc) is 2.78. The van der Waals surface area contributed by atoms with Gasteiger partial charge in [-0.3, -0.25) is 4.79 Å². The van der Waals surface area contributed by atoms with Crippen LogP contribution in [0.3, 0.4) is 0 Å². The highest BCUT2D eigenvalue weighted by molar-refractivity contribution is 5.99. The van der Waals surface area contributed by atoms with E-state index < -0.39 is 60.9 Å². The summed E-state index contributed by atoms with van der Waals surface area (Å²) in [4.78, 5) is 25.1. The van der Waals surface area contributed by atoms with Gasteiger partial charge in [-0.15, -0.1) is 0 Å². The number of aromatic hydroxyl groups is 3. The van der Waals surface area contributed by atoms with Crippen molar-refractivity contribution in [1.82, 2.24) is 0 Å². The summed E-state index contributed by atoms with van der Waals surface area (Å²) in [6, 6.07) is 4.72. The van der Waals surface area contributed by atoms with E-state index in [0.29, 0.717) is 5.56 Å². The smallest absolute Gasteiger partial charge is 0.342 e. The van der Waals surface area contributed by atoms with Crippen molar-refractivity contribution >= 4 is 11.8 Å². The molecular weight excluding hydrogens is 480 g/mol. The molecule has 0 radical (unpaired) electrons. The van der Waals surface area contributed by atoms with E-state index in [1.54, 1.807) is 0 Å². The van der Waals surface area contributed by atoms with Crippen molar-refractivity contribution in [2.45, 2.75) is 56.6 Å². The van der Waals surface area contributed by atoms with Crippen LogP contribution in [0, 0.1) is 0 Å². The van der Waals surface area contributed by atoms with Crippen LogP contribution in [0.5, 0.6) is 23.0 Å². The Kier molecular flexibility index (Phi) is 7.07. The van der Waals surface area contributed by atoms with E-state index >= 15 is 0 Å². The molecular formula is C24H26O12. The van der Waals surface area contributed by atoms with E-state index in [1.165, 1.54) is 19.1 Å². The van der Waals surface area contributed by atoms with Gasteiger partial charge >= 0.3 is 5.97 Å². The van der Waals surface area contributed by atoms with Crippen LogP contribution in [0.2, 0.25) is 0 Å². The molecule has 194 valence electrons. The fourth-order valence-electron chi connectivity index (χ4n) is 4.52. The fourth-order valence-corrected chi connectivity index (χ4v) is 4.52. The number of carbonyl (C=O) groups excluding carboxylic acids is 2. The average molecular weight is 506 g/mol. The van der Waals surface area contributed by atoms with Gasteiger partial charge in [-0.2, -0.15) is 0 Å². The third-order valence-electron chi connectivity index (χ3n) is 6.17. The molecule has 0 saturated carbocycles. The Morgan fingerprint density at radius 3 is 2.39 bits per heavy atom. The molecule has 0 spiro atoms. The lowest BCUT2D eigenvalue weighted by atomic mass is 9.91. The molecule has 2 aliphatic rings. The summed E-state index contributed by atoms with van der Waals surface area (Å²) in [6.07, 6.45) is -8.71. The topological polar surface area (TPSA) is 203 Å². The quantitative estimate of drug-likeness (QED) is 0.196. The minimum atomic E-state index is -1.75. The third-order valence-corrected chi connectivity index (χ3v) is 6.17. The van der Waals surface area contributed by atoms with Crippen LogP contribution in [0.15, 0.2) is 24.3 Å². The van der Waals surface area contributed by atoms with Crippen LogP contribution >= 0.6 is 0 Å². The maximum atomic E-state index is 12.6. The number of fused-ring (bicyclic) bond motifs is 1. The van der Waals surface area contributed by atoms with Crippen molar-refractivity contribution in [3.63, 3.8) is 0 Å². The van der Waals surface area contributed by atoms with E-state index in [1.807, 2.05) is 0 Å². The van der Waals surface area contributed by atoms with E-state index in [9.17, 15) is 45.3 Å². The molecule has 0 amide bonds. The Hall–Kier alpha value is -3.42. The number of hydrogen-bond acceptors (Lipinski definition) is 12. The normalized spacial score (nSPS) is 27.8. The molecule has 4 rings (SSSR count). The molecule has 6 atom stereocenters. The first-order chi connectivity index (χ1) is 17.0. The summed E-state index contributed by atoms with van der Waals surface area (Å²) in [5.74, 6) is -2.52. The van der Waals surface area contributed by atoms with E-state index in [-0.39, 0.29) is 46.8 Å². The zero-order valence-electron chi connectivity index (χ0n) is 19.1. The molecule has 0 aliphatic carbocycles. The number of Topliss-reactive ketones (excluding diaryl/α,β-unsaturated/α-hetero) is 1. The molecule has 2 heterocycles. The number of aliphatic hydroxyl groups is 4. The Bertz CT molecular complexity index is 1180. The monoisotopic (exact) mass is 506 g/mol. The number of phenols is 3. The molecule has 2 aromatic rings. The zero-order chi connectivity index (χ0) is 26.3. The first-order valence-electron chi connectivity index (χ1n) is 11.1. The second kappa shape index (κ2) is 9.91. The van der Waals surface area contributed by atoms with E-state index in [4.69, 9.17) is 14.2 Å². The van der Waals surface area contributed by atoms with Crippen molar-refractivity contribution < 1.29 is 59.5 Å². The molecule has 2 aromatic carbocycles. The van der Waals surface area contributed by atoms with Gasteiger partial charge in [0.2, 0.25) is 6.29 Å².